The lowest BCUT2D eigenvalue weighted by Gasteiger charge is -2.06. The lowest BCUT2D eigenvalue weighted by atomic mass is 10.2. The van der Waals surface area contributed by atoms with Crippen molar-refractivity contribution in [3.8, 4) is 0 Å². The number of aromatic nitrogens is 2. The molecule has 4 heteroatoms. The van der Waals surface area contributed by atoms with Crippen LogP contribution in [0.5, 0.6) is 0 Å². The van der Waals surface area contributed by atoms with Gasteiger partial charge in [0.05, 0.1) is 23.2 Å². The number of aryl methyl sites for hydroxylation is 1. The van der Waals surface area contributed by atoms with Gasteiger partial charge in [0.1, 0.15) is 0 Å². The molecule has 0 aliphatic carbocycles. The van der Waals surface area contributed by atoms with Crippen LogP contribution in [0.1, 0.15) is 11.4 Å². The molecule has 0 bridgehead atoms. The number of nitrogens with zero attached hydrogens (tertiary/aromatic N) is 3. The highest BCUT2D eigenvalue weighted by atomic mass is 16.1. The number of aldehydes is 1. The normalized spacial score (nSPS) is 11.2. The number of allylic oxidation sites excluding steroid dienone is 1. The predicted molar refractivity (Wildman–Crippen MR) is 54.5 cm³/mol. The van der Waals surface area contributed by atoms with Gasteiger partial charge < -0.3 is 4.90 Å². The van der Waals surface area contributed by atoms with Gasteiger partial charge in [-0.05, 0) is 6.92 Å². The van der Waals surface area contributed by atoms with Crippen molar-refractivity contribution in [2.24, 2.45) is 0 Å². The van der Waals surface area contributed by atoms with E-state index in [2.05, 4.69) is 9.97 Å². The van der Waals surface area contributed by atoms with Crippen LogP contribution in [-0.2, 0) is 4.79 Å². The number of hydrogen-bond donors (Lipinski definition) is 0. The first kappa shape index (κ1) is 10.4. The molecule has 0 saturated carbocycles. The molecule has 0 saturated heterocycles. The second-order valence-electron chi connectivity index (χ2n) is 3.21. The maximum atomic E-state index is 10.8. The van der Waals surface area contributed by atoms with Crippen LogP contribution in [-0.4, -0.2) is 35.2 Å². The van der Waals surface area contributed by atoms with E-state index in [9.17, 15) is 4.79 Å². The third-order valence-electron chi connectivity index (χ3n) is 1.58. The highest BCUT2D eigenvalue weighted by Gasteiger charge is 2.02. The summed E-state index contributed by atoms with van der Waals surface area (Å²) in [5.41, 5.74) is 1.94. The first-order chi connectivity index (χ1) is 6.63. The average molecular weight is 191 g/mol. The minimum absolute atomic E-state index is 0.534. The minimum atomic E-state index is 0.534. The molecule has 1 aromatic rings. The SMILES string of the molecule is Cc1cncc(C(C=O)=CN(C)C)n1. The van der Waals surface area contributed by atoms with Crippen molar-refractivity contribution in [2.45, 2.75) is 6.92 Å². The van der Waals surface area contributed by atoms with E-state index in [1.54, 1.807) is 23.5 Å². The highest BCUT2D eigenvalue weighted by Crippen LogP contribution is 2.08. The molecule has 1 heterocycles. The van der Waals surface area contributed by atoms with E-state index >= 15 is 0 Å². The third-order valence-corrected chi connectivity index (χ3v) is 1.58. The Hall–Kier alpha value is -1.71. The van der Waals surface area contributed by atoms with Crippen LogP contribution in [0.4, 0.5) is 0 Å². The topological polar surface area (TPSA) is 46.1 Å². The summed E-state index contributed by atoms with van der Waals surface area (Å²) < 4.78 is 0. The van der Waals surface area contributed by atoms with Crippen molar-refractivity contribution >= 4 is 11.9 Å². The third kappa shape index (κ3) is 2.65. The van der Waals surface area contributed by atoms with Gasteiger partial charge in [-0.3, -0.25) is 9.78 Å². The van der Waals surface area contributed by atoms with Gasteiger partial charge in [-0.2, -0.15) is 0 Å². The van der Waals surface area contributed by atoms with Crippen molar-refractivity contribution in [2.75, 3.05) is 14.1 Å². The molecule has 4 nitrogen and oxygen atoms in total. The number of carbonyl (C=O) groups is 1. The van der Waals surface area contributed by atoms with Gasteiger partial charge in [0.15, 0.2) is 6.29 Å². The number of carbonyl (C=O) groups excluding carboxylic acids is 1. The summed E-state index contributed by atoms with van der Waals surface area (Å²) >= 11 is 0. The van der Waals surface area contributed by atoms with Crippen LogP contribution >= 0.6 is 0 Å². The van der Waals surface area contributed by atoms with Gasteiger partial charge in [0.25, 0.3) is 0 Å². The zero-order valence-electron chi connectivity index (χ0n) is 8.56. The molecular formula is C10H13N3O. The summed E-state index contributed by atoms with van der Waals surface area (Å²) in [5.74, 6) is 0. The molecule has 0 spiro atoms. The van der Waals surface area contributed by atoms with E-state index in [1.165, 1.54) is 0 Å². The Morgan fingerprint density at radius 2 is 2.14 bits per heavy atom. The van der Waals surface area contributed by atoms with E-state index in [4.69, 9.17) is 0 Å². The summed E-state index contributed by atoms with van der Waals surface area (Å²) in [6.45, 7) is 1.84. The van der Waals surface area contributed by atoms with Crippen LogP contribution in [0.15, 0.2) is 18.6 Å². The first-order valence-corrected chi connectivity index (χ1v) is 4.26. The number of rotatable bonds is 3. The van der Waals surface area contributed by atoms with E-state index in [0.717, 1.165) is 12.0 Å². The molecule has 0 radical (unpaired) electrons. The maximum absolute atomic E-state index is 10.8. The molecule has 0 fully saturated rings. The lowest BCUT2D eigenvalue weighted by Crippen LogP contribution is -2.04. The molecule has 0 unspecified atom stereocenters. The standard InChI is InChI=1S/C10H13N3O/c1-8-4-11-5-10(12-8)9(7-14)6-13(2)3/h4-7H,1-3H3. The second kappa shape index (κ2) is 4.50. The molecule has 0 N–H and O–H groups in total. The molecule has 0 aliphatic rings. The Kier molecular flexibility index (Phi) is 3.34. The molecular weight excluding hydrogens is 178 g/mol. The molecule has 74 valence electrons. The molecule has 1 rings (SSSR count). The molecule has 0 amide bonds. The van der Waals surface area contributed by atoms with Crippen molar-refractivity contribution in [3.63, 3.8) is 0 Å². The summed E-state index contributed by atoms with van der Waals surface area (Å²) in [4.78, 5) is 20.8. The fourth-order valence-corrected chi connectivity index (χ4v) is 1.04. The lowest BCUT2D eigenvalue weighted by molar-refractivity contribution is -0.103. The predicted octanol–water partition coefficient (Wildman–Crippen LogP) is 0.886. The van der Waals surface area contributed by atoms with Crippen LogP contribution in [0.25, 0.3) is 5.57 Å². The zero-order valence-corrected chi connectivity index (χ0v) is 8.56. The van der Waals surface area contributed by atoms with E-state index < -0.39 is 0 Å². The fraction of sp³-hybridized carbons (Fsp3) is 0.300. The van der Waals surface area contributed by atoms with E-state index in [1.807, 2.05) is 21.0 Å². The maximum Gasteiger partial charge on any atom is 0.153 e. The van der Waals surface area contributed by atoms with Crippen LogP contribution in [0.3, 0.4) is 0 Å². The molecule has 0 aliphatic heterocycles. The van der Waals surface area contributed by atoms with Crippen LogP contribution in [0, 0.1) is 6.92 Å². The van der Waals surface area contributed by atoms with Gasteiger partial charge in [-0.1, -0.05) is 0 Å². The van der Waals surface area contributed by atoms with Gasteiger partial charge in [0, 0.05) is 26.5 Å². The summed E-state index contributed by atoms with van der Waals surface area (Å²) in [7, 11) is 3.71. The average Bonchev–Trinajstić information content (AvgIpc) is 2.14. The van der Waals surface area contributed by atoms with Crippen LogP contribution in [0.2, 0.25) is 0 Å². The van der Waals surface area contributed by atoms with Crippen molar-refractivity contribution in [1.29, 1.82) is 0 Å². The van der Waals surface area contributed by atoms with Gasteiger partial charge >= 0.3 is 0 Å². The quantitative estimate of drug-likeness (QED) is 0.525. The second-order valence-corrected chi connectivity index (χ2v) is 3.21. The van der Waals surface area contributed by atoms with Gasteiger partial charge in [-0.25, -0.2) is 4.98 Å². The van der Waals surface area contributed by atoms with Crippen molar-refractivity contribution in [1.82, 2.24) is 14.9 Å². The number of hydrogen-bond acceptors (Lipinski definition) is 4. The Morgan fingerprint density at radius 3 is 2.64 bits per heavy atom. The smallest absolute Gasteiger partial charge is 0.153 e. The monoisotopic (exact) mass is 191 g/mol. The van der Waals surface area contributed by atoms with Crippen LogP contribution < -0.4 is 0 Å². The Balaban J connectivity index is 3.07. The summed E-state index contributed by atoms with van der Waals surface area (Å²) in [5, 5.41) is 0. The summed E-state index contributed by atoms with van der Waals surface area (Å²) in [6.07, 6.45) is 5.73. The van der Waals surface area contributed by atoms with E-state index in [-0.39, 0.29) is 0 Å². The Labute approximate surface area is 83.3 Å². The Morgan fingerprint density at radius 1 is 1.43 bits per heavy atom. The molecule has 0 aromatic carbocycles. The van der Waals surface area contributed by atoms with Crippen molar-refractivity contribution in [3.05, 3.63) is 30.0 Å². The Bertz CT molecular complexity index is 358. The minimum Gasteiger partial charge on any atom is -0.383 e. The van der Waals surface area contributed by atoms with Gasteiger partial charge in [0.2, 0.25) is 0 Å². The highest BCUT2D eigenvalue weighted by molar-refractivity contribution is 6.05. The van der Waals surface area contributed by atoms with E-state index in [0.29, 0.717) is 11.3 Å². The van der Waals surface area contributed by atoms with Crippen molar-refractivity contribution < 1.29 is 4.79 Å². The molecule has 14 heavy (non-hydrogen) atoms. The zero-order chi connectivity index (χ0) is 10.6. The van der Waals surface area contributed by atoms with Gasteiger partial charge in [-0.15, -0.1) is 0 Å². The fourth-order valence-electron chi connectivity index (χ4n) is 1.04. The summed E-state index contributed by atoms with van der Waals surface area (Å²) in [6, 6.07) is 0. The first-order valence-electron chi connectivity index (χ1n) is 4.26. The molecule has 1 aromatic heterocycles. The largest absolute Gasteiger partial charge is 0.383 e. The molecule has 0 atom stereocenters.